The fourth-order valence-corrected chi connectivity index (χ4v) is 1.27. The Balaban J connectivity index is 2.11. The monoisotopic (exact) mass is 217 g/mol. The van der Waals surface area contributed by atoms with Gasteiger partial charge in [-0.15, -0.1) is 0 Å². The molecule has 2 rings (SSSR count). The molecule has 0 fully saturated rings. The first-order valence-corrected chi connectivity index (χ1v) is 4.89. The van der Waals surface area contributed by atoms with E-state index < -0.39 is 0 Å². The van der Waals surface area contributed by atoms with Crippen molar-refractivity contribution in [2.45, 2.75) is 13.5 Å². The Bertz CT molecular complexity index is 476. The van der Waals surface area contributed by atoms with Gasteiger partial charge in [0.25, 0.3) is 0 Å². The molecule has 0 N–H and O–H groups in total. The number of hydrogen-bond donors (Lipinski definition) is 0. The van der Waals surface area contributed by atoms with E-state index in [0.29, 0.717) is 11.5 Å². The Morgan fingerprint density at radius 2 is 2.25 bits per heavy atom. The van der Waals surface area contributed by atoms with Crippen molar-refractivity contribution in [1.29, 1.82) is 0 Å². The Kier molecular flexibility index (Phi) is 3.00. The average Bonchev–Trinajstić information content (AvgIpc) is 2.76. The van der Waals surface area contributed by atoms with E-state index in [1.807, 2.05) is 18.2 Å². The standard InChI is InChI=1S/C12H11NO3/c1-9(14)15-8-10-5-6-12(16-10)11-4-2-3-7-13-11/h2-7H,8H2,1H3. The molecule has 0 spiro atoms. The topological polar surface area (TPSA) is 52.3 Å². The molecule has 0 aliphatic heterocycles. The van der Waals surface area contributed by atoms with Gasteiger partial charge >= 0.3 is 5.97 Å². The first kappa shape index (κ1) is 10.4. The fraction of sp³-hybridized carbons (Fsp3) is 0.167. The second-order valence-electron chi connectivity index (χ2n) is 3.26. The first-order chi connectivity index (χ1) is 7.75. The number of esters is 1. The third kappa shape index (κ3) is 2.48. The zero-order chi connectivity index (χ0) is 11.4. The van der Waals surface area contributed by atoms with Gasteiger partial charge in [0.15, 0.2) is 5.76 Å². The molecule has 4 heteroatoms. The minimum absolute atomic E-state index is 0.155. The average molecular weight is 217 g/mol. The number of rotatable bonds is 3. The van der Waals surface area contributed by atoms with Crippen molar-refractivity contribution in [2.75, 3.05) is 0 Å². The molecule has 4 nitrogen and oxygen atoms in total. The van der Waals surface area contributed by atoms with Crippen LogP contribution in [0.5, 0.6) is 0 Å². The van der Waals surface area contributed by atoms with Crippen LogP contribution in [0.1, 0.15) is 12.7 Å². The third-order valence-corrected chi connectivity index (χ3v) is 2.00. The van der Waals surface area contributed by atoms with E-state index in [-0.39, 0.29) is 12.6 Å². The molecule has 0 bridgehead atoms. The number of pyridine rings is 1. The van der Waals surface area contributed by atoms with Crippen molar-refractivity contribution in [3.8, 4) is 11.5 Å². The van der Waals surface area contributed by atoms with Crippen LogP contribution in [0.3, 0.4) is 0 Å². The Morgan fingerprint density at radius 1 is 1.38 bits per heavy atom. The van der Waals surface area contributed by atoms with Crippen LogP contribution in [-0.4, -0.2) is 11.0 Å². The molecule has 0 amide bonds. The molecule has 82 valence electrons. The van der Waals surface area contributed by atoms with Crippen molar-refractivity contribution < 1.29 is 13.9 Å². The highest BCUT2D eigenvalue weighted by Gasteiger charge is 2.06. The van der Waals surface area contributed by atoms with Crippen LogP contribution in [0.2, 0.25) is 0 Å². The van der Waals surface area contributed by atoms with Crippen LogP contribution >= 0.6 is 0 Å². The van der Waals surface area contributed by atoms with Crippen LogP contribution in [0, 0.1) is 0 Å². The van der Waals surface area contributed by atoms with Crippen LogP contribution < -0.4 is 0 Å². The van der Waals surface area contributed by atoms with Gasteiger partial charge in [0, 0.05) is 13.1 Å². The van der Waals surface area contributed by atoms with Gasteiger partial charge in [-0.05, 0) is 24.3 Å². The van der Waals surface area contributed by atoms with Crippen LogP contribution in [-0.2, 0) is 16.1 Å². The lowest BCUT2D eigenvalue weighted by Gasteiger charge is -1.98. The van der Waals surface area contributed by atoms with E-state index in [4.69, 9.17) is 9.15 Å². The van der Waals surface area contributed by atoms with Crippen molar-refractivity contribution in [2.24, 2.45) is 0 Å². The number of nitrogens with zero attached hydrogens (tertiary/aromatic N) is 1. The molecular weight excluding hydrogens is 206 g/mol. The molecule has 0 aliphatic rings. The van der Waals surface area contributed by atoms with Gasteiger partial charge in [0.05, 0.1) is 0 Å². The predicted octanol–water partition coefficient (Wildman–Crippen LogP) is 2.40. The molecular formula is C12H11NO3. The number of carbonyl (C=O) groups excluding carboxylic acids is 1. The quantitative estimate of drug-likeness (QED) is 0.741. The second kappa shape index (κ2) is 4.61. The Hall–Kier alpha value is -2.10. The van der Waals surface area contributed by atoms with E-state index in [1.165, 1.54) is 6.92 Å². The number of ether oxygens (including phenoxy) is 1. The molecule has 16 heavy (non-hydrogen) atoms. The minimum atomic E-state index is -0.323. The number of furan rings is 1. The molecule has 0 aliphatic carbocycles. The maximum atomic E-state index is 10.6. The summed E-state index contributed by atoms with van der Waals surface area (Å²) in [6, 6.07) is 9.16. The van der Waals surface area contributed by atoms with Gasteiger partial charge in [0.2, 0.25) is 0 Å². The summed E-state index contributed by atoms with van der Waals surface area (Å²) in [5, 5.41) is 0. The van der Waals surface area contributed by atoms with Crippen molar-refractivity contribution in [3.63, 3.8) is 0 Å². The van der Waals surface area contributed by atoms with Crippen molar-refractivity contribution in [3.05, 3.63) is 42.3 Å². The van der Waals surface area contributed by atoms with E-state index in [1.54, 1.807) is 18.3 Å². The summed E-state index contributed by atoms with van der Waals surface area (Å²) in [4.78, 5) is 14.8. The summed E-state index contributed by atoms with van der Waals surface area (Å²) < 4.78 is 10.3. The van der Waals surface area contributed by atoms with Crippen LogP contribution in [0.25, 0.3) is 11.5 Å². The zero-order valence-corrected chi connectivity index (χ0v) is 8.84. The molecule has 2 aromatic heterocycles. The number of carbonyl (C=O) groups is 1. The minimum Gasteiger partial charge on any atom is -0.458 e. The highest BCUT2D eigenvalue weighted by atomic mass is 16.5. The van der Waals surface area contributed by atoms with E-state index >= 15 is 0 Å². The first-order valence-electron chi connectivity index (χ1n) is 4.89. The van der Waals surface area contributed by atoms with Gasteiger partial charge in [-0.2, -0.15) is 0 Å². The summed E-state index contributed by atoms with van der Waals surface area (Å²) >= 11 is 0. The lowest BCUT2D eigenvalue weighted by atomic mass is 10.3. The fourth-order valence-electron chi connectivity index (χ4n) is 1.27. The lowest BCUT2D eigenvalue weighted by molar-refractivity contribution is -0.142. The third-order valence-electron chi connectivity index (χ3n) is 2.00. The molecule has 0 unspecified atom stereocenters. The molecule has 0 aromatic carbocycles. The molecule has 2 aromatic rings. The highest BCUT2D eigenvalue weighted by molar-refractivity contribution is 5.65. The van der Waals surface area contributed by atoms with E-state index in [0.717, 1.165) is 5.69 Å². The summed E-state index contributed by atoms with van der Waals surface area (Å²) in [5.41, 5.74) is 0.761. The van der Waals surface area contributed by atoms with E-state index in [9.17, 15) is 4.79 Å². The smallest absolute Gasteiger partial charge is 0.303 e. The maximum absolute atomic E-state index is 10.6. The molecule has 0 radical (unpaired) electrons. The van der Waals surface area contributed by atoms with Crippen molar-refractivity contribution in [1.82, 2.24) is 4.98 Å². The SMILES string of the molecule is CC(=O)OCc1ccc(-c2ccccn2)o1. The molecule has 0 saturated heterocycles. The largest absolute Gasteiger partial charge is 0.458 e. The summed E-state index contributed by atoms with van der Waals surface area (Å²) in [5.74, 6) is 0.953. The summed E-state index contributed by atoms with van der Waals surface area (Å²) in [7, 11) is 0. The van der Waals surface area contributed by atoms with Crippen LogP contribution in [0.4, 0.5) is 0 Å². The maximum Gasteiger partial charge on any atom is 0.303 e. The van der Waals surface area contributed by atoms with E-state index in [2.05, 4.69) is 4.98 Å². The second-order valence-corrected chi connectivity index (χ2v) is 3.26. The lowest BCUT2D eigenvalue weighted by Crippen LogP contribution is -1.97. The van der Waals surface area contributed by atoms with Crippen molar-refractivity contribution >= 4 is 5.97 Å². The number of aromatic nitrogens is 1. The van der Waals surface area contributed by atoms with Gasteiger partial charge < -0.3 is 9.15 Å². The van der Waals surface area contributed by atoms with Crippen LogP contribution in [0.15, 0.2) is 40.9 Å². The summed E-state index contributed by atoms with van der Waals surface area (Å²) in [6.45, 7) is 1.52. The molecule has 2 heterocycles. The molecule has 0 saturated carbocycles. The van der Waals surface area contributed by atoms with Gasteiger partial charge in [0.1, 0.15) is 18.1 Å². The Labute approximate surface area is 92.9 Å². The molecule has 0 atom stereocenters. The zero-order valence-electron chi connectivity index (χ0n) is 8.84. The van der Waals surface area contributed by atoms with Gasteiger partial charge in [-0.3, -0.25) is 9.78 Å². The Morgan fingerprint density at radius 3 is 2.94 bits per heavy atom. The normalized spacial score (nSPS) is 10.1. The highest BCUT2D eigenvalue weighted by Crippen LogP contribution is 2.19. The number of hydrogen-bond acceptors (Lipinski definition) is 4. The van der Waals surface area contributed by atoms with Gasteiger partial charge in [-0.25, -0.2) is 0 Å². The predicted molar refractivity (Wildman–Crippen MR) is 57.4 cm³/mol. The summed E-state index contributed by atoms with van der Waals surface area (Å²) in [6.07, 6.45) is 1.70. The van der Waals surface area contributed by atoms with Gasteiger partial charge in [-0.1, -0.05) is 6.07 Å².